The highest BCUT2D eigenvalue weighted by Crippen LogP contribution is 2.44. The molecule has 1 aromatic rings. The largest absolute Gasteiger partial charge is 0.507 e. The van der Waals surface area contributed by atoms with Crippen molar-refractivity contribution in [2.24, 2.45) is 0 Å². The zero-order valence-electron chi connectivity index (χ0n) is 7.88. The highest BCUT2D eigenvalue weighted by Gasteiger charge is 2.39. The van der Waals surface area contributed by atoms with Crippen LogP contribution in [0.25, 0.3) is 0 Å². The van der Waals surface area contributed by atoms with Gasteiger partial charge >= 0.3 is 19.0 Å². The van der Waals surface area contributed by atoms with Crippen molar-refractivity contribution < 1.29 is 29.3 Å². The lowest BCUT2D eigenvalue weighted by Crippen LogP contribution is -2.13. The molecule has 0 aliphatic carbocycles. The van der Waals surface area contributed by atoms with E-state index in [0.717, 1.165) is 0 Å². The summed E-state index contributed by atoms with van der Waals surface area (Å²) in [7, 11) is -5.21. The Balaban J connectivity index is 3.80. The Morgan fingerprint density at radius 1 is 1.12 bits per heavy atom. The molecule has 3 N–H and O–H groups in total. The van der Waals surface area contributed by atoms with Crippen LogP contribution in [0.4, 0.5) is 11.4 Å². The molecule has 0 amide bonds. The second kappa shape index (κ2) is 4.09. The van der Waals surface area contributed by atoms with Gasteiger partial charge in [0.05, 0.1) is 9.85 Å². The summed E-state index contributed by atoms with van der Waals surface area (Å²) in [5.74, 6) is -1.07. The van der Waals surface area contributed by atoms with E-state index in [4.69, 9.17) is 14.9 Å². The summed E-state index contributed by atoms with van der Waals surface area (Å²) >= 11 is 0. The topological polar surface area (TPSA) is 164 Å². The van der Waals surface area contributed by atoms with Crippen molar-refractivity contribution >= 4 is 24.3 Å². The molecule has 0 spiro atoms. The first-order chi connectivity index (χ1) is 7.66. The van der Waals surface area contributed by atoms with Gasteiger partial charge in [-0.15, -0.1) is 0 Å². The Morgan fingerprint density at radius 3 is 2.00 bits per heavy atom. The number of rotatable bonds is 3. The zero-order valence-corrected chi connectivity index (χ0v) is 8.77. The number of phenols is 1. The maximum Gasteiger partial charge on any atom is 0.367 e. The van der Waals surface area contributed by atoms with Gasteiger partial charge < -0.3 is 14.9 Å². The summed E-state index contributed by atoms with van der Waals surface area (Å²) < 4.78 is 11.0. The Kier molecular flexibility index (Phi) is 3.14. The lowest BCUT2D eigenvalue weighted by atomic mass is 10.2. The molecule has 0 saturated carbocycles. The average Bonchev–Trinajstić information content (AvgIpc) is 2.14. The molecule has 10 nitrogen and oxygen atoms in total. The molecule has 92 valence electrons. The van der Waals surface area contributed by atoms with Gasteiger partial charge in [-0.3, -0.25) is 24.8 Å². The summed E-state index contributed by atoms with van der Waals surface area (Å²) in [5.41, 5.74) is -2.52. The van der Waals surface area contributed by atoms with Crippen molar-refractivity contribution in [3.8, 4) is 5.75 Å². The number of aromatic hydroxyl groups is 1. The van der Waals surface area contributed by atoms with Gasteiger partial charge in [0.15, 0.2) is 5.30 Å². The molecule has 0 atom stereocenters. The van der Waals surface area contributed by atoms with E-state index in [9.17, 15) is 24.8 Å². The van der Waals surface area contributed by atoms with Gasteiger partial charge in [0.1, 0.15) is 5.75 Å². The van der Waals surface area contributed by atoms with Crippen molar-refractivity contribution in [2.45, 2.75) is 0 Å². The molecule has 0 aliphatic heterocycles. The molecule has 0 aromatic heterocycles. The van der Waals surface area contributed by atoms with E-state index in [2.05, 4.69) is 0 Å². The van der Waals surface area contributed by atoms with E-state index in [0.29, 0.717) is 12.1 Å². The minimum absolute atomic E-state index is 0.590. The smallest absolute Gasteiger partial charge is 0.367 e. The predicted octanol–water partition coefficient (Wildman–Crippen LogP) is 0.0116. The van der Waals surface area contributed by atoms with E-state index in [1.165, 1.54) is 0 Å². The minimum Gasteiger partial charge on any atom is -0.507 e. The van der Waals surface area contributed by atoms with Gasteiger partial charge in [-0.25, -0.2) is 0 Å². The fourth-order valence-corrected chi connectivity index (χ4v) is 2.02. The van der Waals surface area contributed by atoms with Crippen LogP contribution in [0, 0.1) is 20.2 Å². The van der Waals surface area contributed by atoms with Gasteiger partial charge in [-0.05, 0) is 6.07 Å². The number of nitro benzene ring substituents is 2. The highest BCUT2D eigenvalue weighted by atomic mass is 31.2. The van der Waals surface area contributed by atoms with Gasteiger partial charge in [0, 0.05) is 6.07 Å². The first-order valence-electron chi connectivity index (χ1n) is 3.87. The fraction of sp³-hybridized carbons (Fsp3) is 0. The molecule has 0 aliphatic rings. The summed E-state index contributed by atoms with van der Waals surface area (Å²) in [6.07, 6.45) is 0. The van der Waals surface area contributed by atoms with E-state index in [1.807, 2.05) is 0 Å². The van der Waals surface area contributed by atoms with Crippen LogP contribution >= 0.6 is 7.60 Å². The van der Waals surface area contributed by atoms with Crippen LogP contribution in [-0.4, -0.2) is 24.7 Å². The second-order valence-corrected chi connectivity index (χ2v) is 4.39. The third-order valence-electron chi connectivity index (χ3n) is 1.78. The molecule has 11 heteroatoms. The summed E-state index contributed by atoms with van der Waals surface area (Å²) in [4.78, 5) is 36.2. The molecule has 17 heavy (non-hydrogen) atoms. The molecule has 0 heterocycles. The van der Waals surface area contributed by atoms with E-state index in [-0.39, 0.29) is 0 Å². The third kappa shape index (κ3) is 2.38. The van der Waals surface area contributed by atoms with Gasteiger partial charge in [0.25, 0.3) is 0 Å². The first kappa shape index (κ1) is 13.0. The van der Waals surface area contributed by atoms with Crippen LogP contribution in [0.3, 0.4) is 0 Å². The van der Waals surface area contributed by atoms with Crippen molar-refractivity contribution in [1.82, 2.24) is 0 Å². The van der Waals surface area contributed by atoms with Crippen LogP contribution in [-0.2, 0) is 4.57 Å². The van der Waals surface area contributed by atoms with Crippen LogP contribution in [0.2, 0.25) is 0 Å². The molecule has 1 aromatic carbocycles. The Morgan fingerprint density at radius 2 is 1.65 bits per heavy atom. The molecular weight excluding hydrogens is 259 g/mol. The number of benzene rings is 1. The highest BCUT2D eigenvalue weighted by molar-refractivity contribution is 7.60. The van der Waals surface area contributed by atoms with Crippen LogP contribution in [0.15, 0.2) is 12.1 Å². The fourth-order valence-electron chi connectivity index (χ4n) is 1.17. The van der Waals surface area contributed by atoms with E-state index < -0.39 is 39.9 Å². The van der Waals surface area contributed by atoms with Crippen molar-refractivity contribution in [3.63, 3.8) is 0 Å². The zero-order chi connectivity index (χ0) is 13.4. The van der Waals surface area contributed by atoms with Crippen LogP contribution < -0.4 is 5.30 Å². The number of hydrogen-bond acceptors (Lipinski definition) is 6. The Labute approximate surface area is 92.6 Å². The van der Waals surface area contributed by atoms with E-state index >= 15 is 0 Å². The molecular formula is C6H5N2O8P. The molecule has 0 fully saturated rings. The third-order valence-corrected chi connectivity index (χ3v) is 2.80. The maximum atomic E-state index is 11.0. The SMILES string of the molecule is O=[N+]([O-])c1ccc(O)c(P(=O)(O)O)c1[N+](=O)[O-]. The normalized spacial score (nSPS) is 11.2. The molecule has 0 unspecified atom stereocenters. The quantitative estimate of drug-likeness (QED) is 0.390. The molecule has 0 bridgehead atoms. The van der Waals surface area contributed by atoms with Crippen LogP contribution in [0.5, 0.6) is 5.75 Å². The number of phenolic OH excluding ortho intramolecular Hbond substituents is 1. The number of nitro groups is 2. The standard InChI is InChI=1S/C6H5N2O8P/c9-4-2-1-3(7(10)11)5(8(12)13)6(4)17(14,15)16/h1-2,9H,(H2,14,15,16). The Hall–Kier alpha value is -2.03. The molecule has 0 saturated heterocycles. The Bertz CT molecular complexity index is 549. The lowest BCUT2D eigenvalue weighted by Gasteiger charge is -2.06. The van der Waals surface area contributed by atoms with Gasteiger partial charge in [0.2, 0.25) is 0 Å². The molecule has 1 rings (SSSR count). The van der Waals surface area contributed by atoms with E-state index in [1.54, 1.807) is 0 Å². The number of nitrogens with zero attached hydrogens (tertiary/aromatic N) is 2. The molecule has 0 radical (unpaired) electrons. The van der Waals surface area contributed by atoms with Gasteiger partial charge in [-0.2, -0.15) is 0 Å². The maximum absolute atomic E-state index is 11.0. The predicted molar refractivity (Wildman–Crippen MR) is 53.1 cm³/mol. The summed E-state index contributed by atoms with van der Waals surface area (Å²) in [5, 5.41) is 28.9. The second-order valence-electron chi connectivity index (χ2n) is 2.86. The van der Waals surface area contributed by atoms with Crippen molar-refractivity contribution in [3.05, 3.63) is 32.4 Å². The summed E-state index contributed by atoms with van der Waals surface area (Å²) in [6, 6.07) is 1.20. The van der Waals surface area contributed by atoms with Crippen LogP contribution in [0.1, 0.15) is 0 Å². The monoisotopic (exact) mass is 264 g/mol. The summed E-state index contributed by atoms with van der Waals surface area (Å²) in [6.45, 7) is 0. The first-order valence-corrected chi connectivity index (χ1v) is 5.48. The lowest BCUT2D eigenvalue weighted by molar-refractivity contribution is -0.421. The average molecular weight is 264 g/mol. The number of hydrogen-bond donors (Lipinski definition) is 3. The van der Waals surface area contributed by atoms with Crippen molar-refractivity contribution in [2.75, 3.05) is 0 Å². The minimum atomic E-state index is -5.21. The van der Waals surface area contributed by atoms with Crippen molar-refractivity contribution in [1.29, 1.82) is 0 Å². The van der Waals surface area contributed by atoms with Gasteiger partial charge in [-0.1, -0.05) is 0 Å².